The molecule has 0 atom stereocenters. The van der Waals surface area contributed by atoms with Crippen LogP contribution < -0.4 is 9.80 Å². The summed E-state index contributed by atoms with van der Waals surface area (Å²) in [6.07, 6.45) is 1.79. The van der Waals surface area contributed by atoms with Gasteiger partial charge in [0.25, 0.3) is 5.78 Å². The Hall–Kier alpha value is -3.91. The van der Waals surface area contributed by atoms with E-state index in [1.54, 1.807) is 35.3 Å². The second-order valence-corrected chi connectivity index (χ2v) is 8.52. The number of fused-ring (bicyclic) bond motifs is 2. The zero-order valence-electron chi connectivity index (χ0n) is 19.5. The average molecular weight is 478 g/mol. The van der Waals surface area contributed by atoms with Crippen molar-refractivity contribution in [2.45, 2.75) is 25.4 Å². The lowest BCUT2D eigenvalue weighted by molar-refractivity contribution is -0.146. The van der Waals surface area contributed by atoms with Crippen molar-refractivity contribution < 1.29 is 14.3 Å². The van der Waals surface area contributed by atoms with E-state index in [1.807, 2.05) is 43.5 Å². The number of hydrogen-bond donors (Lipinski definition) is 0. The van der Waals surface area contributed by atoms with Gasteiger partial charge in [0.1, 0.15) is 17.5 Å². The topological polar surface area (TPSA) is 117 Å². The summed E-state index contributed by atoms with van der Waals surface area (Å²) in [5.41, 5.74) is 3.71. The summed E-state index contributed by atoms with van der Waals surface area (Å²) >= 11 is 1.40. The van der Waals surface area contributed by atoms with Crippen LogP contribution in [0.5, 0.6) is 0 Å². The number of carbonyl (C=O) groups excluding carboxylic acids is 2. The third-order valence-electron chi connectivity index (χ3n) is 5.75. The molecule has 0 saturated heterocycles. The summed E-state index contributed by atoms with van der Waals surface area (Å²) in [5, 5.41) is 14.7. The number of nitriles is 1. The first-order valence-electron chi connectivity index (χ1n) is 10.4. The van der Waals surface area contributed by atoms with E-state index >= 15 is 0 Å². The van der Waals surface area contributed by atoms with Crippen LogP contribution >= 0.6 is 11.8 Å². The Morgan fingerprint density at radius 1 is 1.12 bits per heavy atom. The van der Waals surface area contributed by atoms with Gasteiger partial charge in [-0.1, -0.05) is 23.9 Å². The number of para-hydroxylation sites is 2. The van der Waals surface area contributed by atoms with Crippen molar-refractivity contribution in [3.05, 3.63) is 52.6 Å². The summed E-state index contributed by atoms with van der Waals surface area (Å²) in [6.45, 7) is 3.09. The van der Waals surface area contributed by atoms with E-state index in [2.05, 4.69) is 15.1 Å². The number of thioether (sulfide) groups is 1. The molecule has 0 aliphatic carbocycles. The Morgan fingerprint density at radius 2 is 1.76 bits per heavy atom. The lowest BCUT2D eigenvalue weighted by Gasteiger charge is -2.19. The van der Waals surface area contributed by atoms with Crippen LogP contribution in [0.15, 0.2) is 40.8 Å². The first-order chi connectivity index (χ1) is 16.3. The third kappa shape index (κ3) is 3.97. The van der Waals surface area contributed by atoms with Crippen LogP contribution in [-0.2, 0) is 20.7 Å². The average Bonchev–Trinajstić information content (AvgIpc) is 3.35. The molecular weight excluding hydrogens is 454 g/mol. The highest BCUT2D eigenvalue weighted by Crippen LogP contribution is 2.40. The van der Waals surface area contributed by atoms with E-state index in [-0.39, 0.29) is 12.0 Å². The number of aromatic nitrogens is 4. The Kier molecular flexibility index (Phi) is 6.26. The number of hydrogen-bond acceptors (Lipinski definition) is 10. The monoisotopic (exact) mass is 477 g/mol. The van der Waals surface area contributed by atoms with Crippen LogP contribution in [0.4, 0.5) is 11.4 Å². The Balaban J connectivity index is 1.50. The molecule has 1 aromatic carbocycles. The first kappa shape index (κ1) is 23.3. The molecule has 0 saturated carbocycles. The van der Waals surface area contributed by atoms with Gasteiger partial charge < -0.3 is 14.5 Å². The summed E-state index contributed by atoms with van der Waals surface area (Å²) in [5.74, 6) is -0.255. The van der Waals surface area contributed by atoms with Gasteiger partial charge in [0.05, 0.1) is 17.8 Å². The van der Waals surface area contributed by atoms with Gasteiger partial charge in [-0.2, -0.15) is 10.2 Å². The summed E-state index contributed by atoms with van der Waals surface area (Å²) in [7, 11) is 3.57. The number of nitrogens with zero attached hydrogens (tertiary/aromatic N) is 7. The summed E-state index contributed by atoms with van der Waals surface area (Å²) < 4.78 is 6.85. The molecule has 0 unspecified atom stereocenters. The SMILES string of the molecule is CSc1nc2nc(C)c(CC(=O)OCC(=O)C(C#N)=C3N(C)c4ccccc4N3C)c(C)n2n1. The normalized spacial score (nSPS) is 12.6. The fraction of sp³-hybridized carbons (Fsp3) is 0.304. The fourth-order valence-corrected chi connectivity index (χ4v) is 4.34. The zero-order chi connectivity index (χ0) is 24.6. The van der Waals surface area contributed by atoms with Crippen molar-refractivity contribution >= 4 is 40.7 Å². The van der Waals surface area contributed by atoms with Crippen molar-refractivity contribution in [1.29, 1.82) is 5.26 Å². The van der Waals surface area contributed by atoms with Gasteiger partial charge in [-0.05, 0) is 32.2 Å². The van der Waals surface area contributed by atoms with Gasteiger partial charge in [0, 0.05) is 31.0 Å². The minimum absolute atomic E-state index is 0.0725. The zero-order valence-corrected chi connectivity index (χ0v) is 20.3. The molecule has 10 nitrogen and oxygen atoms in total. The van der Waals surface area contributed by atoms with Crippen molar-refractivity contribution in [3.63, 3.8) is 0 Å². The molecule has 4 rings (SSSR count). The molecule has 34 heavy (non-hydrogen) atoms. The number of anilines is 2. The van der Waals surface area contributed by atoms with Crippen LogP contribution in [-0.4, -0.2) is 58.3 Å². The maximum Gasteiger partial charge on any atom is 0.310 e. The third-order valence-corrected chi connectivity index (χ3v) is 6.29. The van der Waals surface area contributed by atoms with Crippen LogP contribution in [0.3, 0.4) is 0 Å². The van der Waals surface area contributed by atoms with Crippen molar-refractivity contribution in [3.8, 4) is 6.07 Å². The van der Waals surface area contributed by atoms with E-state index in [4.69, 9.17) is 4.74 Å². The van der Waals surface area contributed by atoms with E-state index in [1.165, 1.54) is 11.8 Å². The molecule has 11 heteroatoms. The molecule has 0 amide bonds. The quantitative estimate of drug-likeness (QED) is 0.227. The first-order valence-corrected chi connectivity index (χ1v) is 11.7. The Labute approximate surface area is 200 Å². The minimum atomic E-state index is -0.593. The molecule has 2 aromatic heterocycles. The van der Waals surface area contributed by atoms with Crippen molar-refractivity contribution in [2.75, 3.05) is 36.8 Å². The molecule has 0 radical (unpaired) electrons. The predicted molar refractivity (Wildman–Crippen MR) is 128 cm³/mol. The van der Waals surface area contributed by atoms with Crippen molar-refractivity contribution in [2.24, 2.45) is 0 Å². The summed E-state index contributed by atoms with van der Waals surface area (Å²) in [6, 6.07) is 9.58. The van der Waals surface area contributed by atoms with E-state index in [9.17, 15) is 14.9 Å². The smallest absolute Gasteiger partial charge is 0.310 e. The van der Waals surface area contributed by atoms with Gasteiger partial charge in [-0.3, -0.25) is 9.59 Å². The van der Waals surface area contributed by atoms with E-state index in [0.29, 0.717) is 28.0 Å². The molecule has 174 valence electrons. The van der Waals surface area contributed by atoms with Crippen LogP contribution in [0.2, 0.25) is 0 Å². The molecule has 1 aliphatic rings. The number of Topliss-reactive ketones (excluding diaryl/α,β-unsaturated/α-hetero) is 1. The molecule has 0 spiro atoms. The molecule has 1 aliphatic heterocycles. The molecule has 0 bridgehead atoms. The van der Waals surface area contributed by atoms with E-state index in [0.717, 1.165) is 17.1 Å². The molecule has 0 fully saturated rings. The van der Waals surface area contributed by atoms with Crippen LogP contribution in [0.25, 0.3) is 5.78 Å². The molecule has 0 N–H and O–H groups in total. The summed E-state index contributed by atoms with van der Waals surface area (Å²) in [4.78, 5) is 37.8. The van der Waals surface area contributed by atoms with Gasteiger partial charge in [-0.15, -0.1) is 5.10 Å². The highest BCUT2D eigenvalue weighted by atomic mass is 32.2. The maximum atomic E-state index is 12.9. The minimum Gasteiger partial charge on any atom is -0.457 e. The second kappa shape index (κ2) is 9.15. The van der Waals surface area contributed by atoms with Crippen molar-refractivity contribution in [1.82, 2.24) is 19.6 Å². The lowest BCUT2D eigenvalue weighted by Crippen LogP contribution is -2.28. The van der Waals surface area contributed by atoms with Crippen LogP contribution in [0.1, 0.15) is 17.0 Å². The molecule has 3 aromatic rings. The number of ether oxygens (including phenoxy) is 1. The molecule has 3 heterocycles. The highest BCUT2D eigenvalue weighted by molar-refractivity contribution is 7.98. The predicted octanol–water partition coefficient (Wildman–Crippen LogP) is 2.44. The second-order valence-electron chi connectivity index (χ2n) is 7.75. The Morgan fingerprint density at radius 3 is 2.35 bits per heavy atom. The molecular formula is C23H23N7O3S. The number of aryl methyl sites for hydroxylation is 2. The van der Waals surface area contributed by atoms with Gasteiger partial charge >= 0.3 is 5.97 Å². The number of benzene rings is 1. The number of carbonyl (C=O) groups is 2. The highest BCUT2D eigenvalue weighted by Gasteiger charge is 2.31. The van der Waals surface area contributed by atoms with E-state index < -0.39 is 18.4 Å². The number of rotatable bonds is 6. The lowest BCUT2D eigenvalue weighted by atomic mass is 10.1. The van der Waals surface area contributed by atoms with Gasteiger partial charge in [0.15, 0.2) is 6.61 Å². The number of ketones is 1. The van der Waals surface area contributed by atoms with Gasteiger partial charge in [0.2, 0.25) is 10.9 Å². The maximum absolute atomic E-state index is 12.9. The standard InChI is InChI=1S/C23H23N7O3S/c1-13-15(14(2)30-22(25-13)26-23(27-30)34-5)10-20(32)33-12-19(31)16(11-24)21-28(3)17-8-6-7-9-18(17)29(21)4/h6-9H,10,12H2,1-5H3. The van der Waals surface area contributed by atoms with Gasteiger partial charge in [-0.25, -0.2) is 9.50 Å². The fourth-order valence-electron chi connectivity index (χ4n) is 4.00. The largest absolute Gasteiger partial charge is 0.457 e. The Bertz CT molecular complexity index is 1360. The number of esters is 1. The van der Waals surface area contributed by atoms with Crippen LogP contribution in [0, 0.1) is 25.2 Å².